The third-order valence-electron chi connectivity index (χ3n) is 5.22. The van der Waals surface area contributed by atoms with Crippen molar-refractivity contribution in [3.8, 4) is 0 Å². The maximum absolute atomic E-state index is 10.1. The molecule has 24 heavy (non-hydrogen) atoms. The lowest BCUT2D eigenvalue weighted by atomic mass is 9.95. The van der Waals surface area contributed by atoms with Gasteiger partial charge >= 0.3 is 0 Å². The number of hydrogen-bond donors (Lipinski definition) is 1. The second kappa shape index (κ2) is 11.7. The summed E-state index contributed by atoms with van der Waals surface area (Å²) < 4.78 is 6.01. The predicted octanol–water partition coefficient (Wildman–Crippen LogP) is 6.26. The van der Waals surface area contributed by atoms with Crippen LogP contribution >= 0.6 is 0 Å². The van der Waals surface area contributed by atoms with Gasteiger partial charge in [0.25, 0.3) is 0 Å². The zero-order valence-corrected chi connectivity index (χ0v) is 16.6. The summed E-state index contributed by atoms with van der Waals surface area (Å²) in [4.78, 5) is 0. The Hall–Kier alpha value is -0.760. The van der Waals surface area contributed by atoms with Crippen molar-refractivity contribution in [1.29, 1.82) is 0 Å². The van der Waals surface area contributed by atoms with E-state index >= 15 is 0 Å². The van der Waals surface area contributed by atoms with Crippen molar-refractivity contribution >= 4 is 0 Å². The third kappa shape index (κ3) is 7.88. The number of unbranched alkanes of at least 4 members (excludes halogenated alkanes) is 3. The first-order valence-electron chi connectivity index (χ1n) is 10.1. The van der Waals surface area contributed by atoms with E-state index in [9.17, 15) is 5.11 Å². The average molecular weight is 337 g/mol. The van der Waals surface area contributed by atoms with Crippen LogP contribution in [0.3, 0.4) is 0 Å². The van der Waals surface area contributed by atoms with Crippen molar-refractivity contribution in [2.45, 2.75) is 98.2 Å². The fourth-order valence-electron chi connectivity index (χ4n) is 3.29. The molecule has 2 nitrogen and oxygen atoms in total. The van der Waals surface area contributed by atoms with Crippen LogP contribution in [0.5, 0.6) is 0 Å². The minimum Gasteiger partial charge on any atom is -0.498 e. The van der Waals surface area contributed by atoms with E-state index in [0.29, 0.717) is 18.3 Å². The summed E-state index contributed by atoms with van der Waals surface area (Å²) in [5.41, 5.74) is 1.61. The molecule has 1 aliphatic carbocycles. The van der Waals surface area contributed by atoms with E-state index in [1.54, 1.807) is 5.57 Å². The van der Waals surface area contributed by atoms with Gasteiger partial charge in [-0.15, -0.1) is 0 Å². The predicted molar refractivity (Wildman–Crippen MR) is 104 cm³/mol. The Morgan fingerprint density at radius 1 is 1.17 bits per heavy atom. The van der Waals surface area contributed by atoms with Crippen LogP contribution in [0.2, 0.25) is 0 Å². The van der Waals surface area contributed by atoms with Crippen molar-refractivity contribution in [2.75, 3.05) is 0 Å². The van der Waals surface area contributed by atoms with E-state index in [1.165, 1.54) is 44.9 Å². The molecule has 1 unspecified atom stereocenters. The zero-order chi connectivity index (χ0) is 17.9. The van der Waals surface area contributed by atoms with E-state index in [0.717, 1.165) is 0 Å². The Morgan fingerprint density at radius 2 is 1.92 bits per heavy atom. The van der Waals surface area contributed by atoms with E-state index in [1.807, 2.05) is 6.26 Å². The minimum absolute atomic E-state index is 0.0945. The van der Waals surface area contributed by atoms with Gasteiger partial charge in [-0.1, -0.05) is 59.1 Å². The summed E-state index contributed by atoms with van der Waals surface area (Å²) in [6, 6.07) is 0. The largest absolute Gasteiger partial charge is 0.498 e. The molecule has 0 radical (unpaired) electrons. The molecule has 0 amide bonds. The van der Waals surface area contributed by atoms with Crippen LogP contribution in [0.25, 0.3) is 0 Å². The number of aliphatic hydroxyl groups excluding tert-OH is 1. The first kappa shape index (κ1) is 21.3. The molecule has 1 saturated carbocycles. The highest BCUT2D eigenvalue weighted by Crippen LogP contribution is 2.33. The van der Waals surface area contributed by atoms with Gasteiger partial charge in [0.15, 0.2) is 0 Å². The molecule has 1 fully saturated rings. The van der Waals surface area contributed by atoms with E-state index < -0.39 is 0 Å². The molecule has 140 valence electrons. The van der Waals surface area contributed by atoms with Gasteiger partial charge in [-0.3, -0.25) is 0 Å². The van der Waals surface area contributed by atoms with Crippen molar-refractivity contribution < 1.29 is 9.84 Å². The van der Waals surface area contributed by atoms with Crippen LogP contribution in [0.15, 0.2) is 24.0 Å². The molecule has 0 spiro atoms. The molecule has 0 saturated heterocycles. The minimum atomic E-state index is -0.286. The number of aliphatic hydroxyl groups is 1. The van der Waals surface area contributed by atoms with Gasteiger partial charge in [0.1, 0.15) is 6.10 Å². The molecule has 0 aromatic heterocycles. The molecule has 1 N–H and O–H groups in total. The van der Waals surface area contributed by atoms with Crippen LogP contribution in [-0.2, 0) is 4.74 Å². The molecule has 0 aromatic rings. The van der Waals surface area contributed by atoms with E-state index in [-0.39, 0.29) is 18.1 Å². The molecule has 1 rings (SSSR count). The molecule has 1 aliphatic rings. The van der Waals surface area contributed by atoms with Gasteiger partial charge in [0.2, 0.25) is 0 Å². The van der Waals surface area contributed by atoms with Gasteiger partial charge < -0.3 is 9.84 Å². The summed E-state index contributed by atoms with van der Waals surface area (Å²) in [6.45, 7) is 10.7. The van der Waals surface area contributed by atoms with Gasteiger partial charge in [0, 0.05) is 12.3 Å². The molecular formula is C22H40O2. The van der Waals surface area contributed by atoms with Crippen LogP contribution in [0.1, 0.15) is 86.0 Å². The normalized spacial score (nSPS) is 22.8. The van der Waals surface area contributed by atoms with Gasteiger partial charge in [-0.05, 0) is 50.0 Å². The summed E-state index contributed by atoms with van der Waals surface area (Å²) in [6.07, 6.45) is 16.1. The SMILES string of the molecule is CCCCC/C=C1/CCCC1/C=C/O[C@H](C[C@@H](O)C(C)C)C(C)C. The molecule has 0 aliphatic heterocycles. The standard InChI is InChI=1S/C22H40O2/c1-6-7-8-9-11-19-12-10-13-20(19)14-15-24-22(18(4)5)16-21(23)17(2)3/h11,14-15,17-18,20-23H,6-10,12-13,16H2,1-5H3/b15-14+,19-11-/t20?,21-,22-/m1/s1. The van der Waals surface area contributed by atoms with Gasteiger partial charge in [-0.25, -0.2) is 0 Å². The fraction of sp³-hybridized carbons (Fsp3) is 0.818. The summed E-state index contributed by atoms with van der Waals surface area (Å²) in [7, 11) is 0. The van der Waals surface area contributed by atoms with Gasteiger partial charge in [0.05, 0.1) is 12.4 Å². The van der Waals surface area contributed by atoms with Crippen LogP contribution < -0.4 is 0 Å². The van der Waals surface area contributed by atoms with Crippen molar-refractivity contribution in [2.24, 2.45) is 17.8 Å². The number of ether oxygens (including phenoxy) is 1. The first-order valence-corrected chi connectivity index (χ1v) is 10.1. The molecule has 0 heterocycles. The Kier molecular flexibility index (Phi) is 10.4. The van der Waals surface area contributed by atoms with Crippen LogP contribution in [0.4, 0.5) is 0 Å². The highest BCUT2D eigenvalue weighted by molar-refractivity contribution is 5.16. The molecule has 0 bridgehead atoms. The van der Waals surface area contributed by atoms with Crippen molar-refractivity contribution in [1.82, 2.24) is 0 Å². The zero-order valence-electron chi connectivity index (χ0n) is 16.6. The third-order valence-corrected chi connectivity index (χ3v) is 5.22. The average Bonchev–Trinajstić information content (AvgIpc) is 2.97. The lowest BCUT2D eigenvalue weighted by Crippen LogP contribution is -2.27. The molecular weight excluding hydrogens is 296 g/mol. The Labute approximate surface area is 150 Å². The summed E-state index contributed by atoms with van der Waals surface area (Å²) in [5.74, 6) is 1.26. The monoisotopic (exact) mass is 336 g/mol. The molecule has 3 atom stereocenters. The molecule has 2 heteroatoms. The number of rotatable bonds is 11. The van der Waals surface area contributed by atoms with Crippen LogP contribution in [0, 0.1) is 17.8 Å². The Bertz CT molecular complexity index is 381. The summed E-state index contributed by atoms with van der Waals surface area (Å²) in [5, 5.41) is 10.1. The van der Waals surface area contributed by atoms with Crippen molar-refractivity contribution in [3.05, 3.63) is 24.0 Å². The number of allylic oxidation sites excluding steroid dienone is 3. The first-order chi connectivity index (χ1) is 11.5. The highest BCUT2D eigenvalue weighted by atomic mass is 16.5. The topological polar surface area (TPSA) is 29.5 Å². The Morgan fingerprint density at radius 3 is 2.54 bits per heavy atom. The molecule has 0 aromatic carbocycles. The van der Waals surface area contributed by atoms with E-state index in [2.05, 4.69) is 46.8 Å². The lowest BCUT2D eigenvalue weighted by Gasteiger charge is -2.25. The number of hydrogen-bond acceptors (Lipinski definition) is 2. The van der Waals surface area contributed by atoms with E-state index in [4.69, 9.17) is 4.74 Å². The van der Waals surface area contributed by atoms with Crippen LogP contribution in [-0.4, -0.2) is 17.3 Å². The second-order valence-electron chi connectivity index (χ2n) is 8.07. The smallest absolute Gasteiger partial charge is 0.103 e. The van der Waals surface area contributed by atoms with Gasteiger partial charge in [-0.2, -0.15) is 0 Å². The summed E-state index contributed by atoms with van der Waals surface area (Å²) >= 11 is 0. The lowest BCUT2D eigenvalue weighted by molar-refractivity contribution is 0.0226. The second-order valence-corrected chi connectivity index (χ2v) is 8.07. The maximum Gasteiger partial charge on any atom is 0.103 e. The Balaban J connectivity index is 2.50. The van der Waals surface area contributed by atoms with Crippen molar-refractivity contribution in [3.63, 3.8) is 0 Å². The quantitative estimate of drug-likeness (QED) is 0.274. The fourth-order valence-corrected chi connectivity index (χ4v) is 3.29. The maximum atomic E-state index is 10.1. The highest BCUT2D eigenvalue weighted by Gasteiger charge is 2.21.